The first kappa shape index (κ1) is 34.0. The van der Waals surface area contributed by atoms with E-state index in [1.807, 2.05) is 24.3 Å². The summed E-state index contributed by atoms with van der Waals surface area (Å²) in [5.74, 6) is 1.43. The summed E-state index contributed by atoms with van der Waals surface area (Å²) in [4.78, 5) is 0. The highest BCUT2D eigenvalue weighted by molar-refractivity contribution is 7.20. The van der Waals surface area contributed by atoms with Gasteiger partial charge in [-0.3, -0.25) is 0 Å². The molecule has 0 unspecified atom stereocenters. The van der Waals surface area contributed by atoms with E-state index in [0.717, 1.165) is 0 Å². The van der Waals surface area contributed by atoms with E-state index >= 15 is 0 Å². The predicted octanol–water partition coefficient (Wildman–Crippen LogP) is 5.43. The van der Waals surface area contributed by atoms with Crippen molar-refractivity contribution in [2.24, 2.45) is 0 Å². The molecule has 53 heavy (non-hydrogen) atoms. The first-order valence-corrected chi connectivity index (χ1v) is 22.0. The van der Waals surface area contributed by atoms with Crippen molar-refractivity contribution in [3.8, 4) is 11.5 Å². The molecule has 0 aliphatic carbocycles. The van der Waals surface area contributed by atoms with Gasteiger partial charge in [0.25, 0.3) is 0 Å². The van der Waals surface area contributed by atoms with Crippen molar-refractivity contribution in [2.75, 3.05) is 0 Å². The maximum absolute atomic E-state index is 6.08. The zero-order valence-electron chi connectivity index (χ0n) is 29.3. The first-order valence-electron chi connectivity index (χ1n) is 18.0. The zero-order valence-corrected chi connectivity index (χ0v) is 31.3. The number of benzene rings is 8. The molecule has 0 fully saturated rings. The lowest BCUT2D eigenvalue weighted by molar-refractivity contribution is 0.459. The van der Waals surface area contributed by atoms with E-state index < -0.39 is 16.1 Å². The van der Waals surface area contributed by atoms with Crippen LogP contribution < -0.4 is 50.8 Å². The molecule has 0 saturated carbocycles. The molecular formula is C48H38BO2Si2. The maximum Gasteiger partial charge on any atom is 0.658 e. The molecular weight excluding hydrogens is 676 g/mol. The number of hydrogen-bond donors (Lipinski definition) is 0. The Hall–Kier alpha value is -6.14. The molecule has 0 saturated heterocycles. The summed E-state index contributed by atoms with van der Waals surface area (Å²) < 4.78 is 12.2. The Bertz CT molecular complexity index is 1960. The molecule has 8 rings (SSSR count). The summed E-state index contributed by atoms with van der Waals surface area (Å²) in [5, 5.41) is 10.6. The minimum absolute atomic E-state index is 0.714. The lowest BCUT2D eigenvalue weighted by atomic mass is 10.3. The molecule has 0 aliphatic heterocycles. The smallest absolute Gasteiger partial charge is 0.526 e. The van der Waals surface area contributed by atoms with Gasteiger partial charge in [-0.05, 0) is 65.8 Å². The van der Waals surface area contributed by atoms with E-state index in [9.17, 15) is 0 Å². The molecule has 1 radical (unpaired) electrons. The van der Waals surface area contributed by atoms with Crippen molar-refractivity contribution in [3.63, 3.8) is 0 Å². The average Bonchev–Trinajstić information content (AvgIpc) is 3.25. The van der Waals surface area contributed by atoms with E-state index in [2.05, 4.69) is 206 Å². The Morgan fingerprint density at radius 1 is 0.226 bits per heavy atom. The summed E-state index contributed by atoms with van der Waals surface area (Å²) in [6.07, 6.45) is 0. The Balaban J connectivity index is 1.06. The fraction of sp³-hybridized carbons (Fsp3) is 0. The van der Waals surface area contributed by atoms with E-state index in [0.29, 0.717) is 11.5 Å². The zero-order chi connectivity index (χ0) is 35.8. The van der Waals surface area contributed by atoms with Gasteiger partial charge in [-0.2, -0.15) is 0 Å². The monoisotopic (exact) mass is 713 g/mol. The largest absolute Gasteiger partial charge is 0.658 e. The van der Waals surface area contributed by atoms with Gasteiger partial charge >= 0.3 is 7.69 Å². The molecule has 0 N–H and O–H groups in total. The molecule has 2 nitrogen and oxygen atoms in total. The summed E-state index contributed by atoms with van der Waals surface area (Å²) in [7, 11) is -3.76. The fourth-order valence-electron chi connectivity index (χ4n) is 7.83. The lowest BCUT2D eigenvalue weighted by Gasteiger charge is -2.34. The van der Waals surface area contributed by atoms with Crippen molar-refractivity contribution in [1.29, 1.82) is 0 Å². The maximum atomic E-state index is 6.08. The SMILES string of the molecule is [B](Oc1ccc([Si](c2ccccc2)(c2ccccc2)c2ccccc2)cc1)Oc1ccc([Si](c2ccccc2)(c2ccccc2)c2ccccc2)cc1. The highest BCUT2D eigenvalue weighted by Gasteiger charge is 2.42. The minimum atomic E-state index is -2.60. The van der Waals surface area contributed by atoms with Crippen LogP contribution in [-0.4, -0.2) is 23.8 Å². The first-order chi connectivity index (χ1) is 26.3. The van der Waals surface area contributed by atoms with Crippen LogP contribution in [-0.2, 0) is 0 Å². The standard InChI is InChI=1S/C48H38BO2Si2/c1-7-19-41(20-8-1)52(42-21-9-2-10-22-42,43-23-11-3-12-24-43)47-35-31-39(32-36-47)50-49-51-40-33-37-48(38-34-40)53(44-25-13-4-14-26-44,45-27-15-5-16-28-45)46-29-17-6-18-30-46/h1-38H. The summed E-state index contributed by atoms with van der Waals surface area (Å²) in [6.45, 7) is 0. The molecule has 0 spiro atoms. The summed E-state index contributed by atoms with van der Waals surface area (Å²) in [6, 6.07) is 82.6. The van der Waals surface area contributed by atoms with Gasteiger partial charge in [0.1, 0.15) is 11.5 Å². The molecule has 8 aromatic rings. The van der Waals surface area contributed by atoms with E-state index in [-0.39, 0.29) is 0 Å². The molecule has 253 valence electrons. The van der Waals surface area contributed by atoms with Gasteiger partial charge in [0.15, 0.2) is 16.1 Å². The molecule has 0 amide bonds. The Labute approximate surface area is 315 Å². The second kappa shape index (κ2) is 15.6. The van der Waals surface area contributed by atoms with Gasteiger partial charge in [-0.1, -0.05) is 206 Å². The lowest BCUT2D eigenvalue weighted by Crippen LogP contribution is -2.74. The van der Waals surface area contributed by atoms with Crippen molar-refractivity contribution in [1.82, 2.24) is 0 Å². The van der Waals surface area contributed by atoms with Gasteiger partial charge in [-0.25, -0.2) is 0 Å². The van der Waals surface area contributed by atoms with Gasteiger partial charge in [-0.15, -0.1) is 0 Å². The Morgan fingerprint density at radius 2 is 0.415 bits per heavy atom. The minimum Gasteiger partial charge on any atom is -0.526 e. The molecule has 5 heteroatoms. The van der Waals surface area contributed by atoms with Crippen LogP contribution in [0.3, 0.4) is 0 Å². The van der Waals surface area contributed by atoms with Crippen LogP contribution in [0.1, 0.15) is 0 Å². The summed E-state index contributed by atoms with van der Waals surface area (Å²) in [5.41, 5.74) is 0. The second-order valence-corrected chi connectivity index (χ2v) is 20.7. The van der Waals surface area contributed by atoms with E-state index in [4.69, 9.17) is 9.31 Å². The fourth-order valence-corrected chi connectivity index (χ4v) is 17.3. The summed E-state index contributed by atoms with van der Waals surface area (Å²) >= 11 is 0. The highest BCUT2D eigenvalue weighted by atomic mass is 28.3. The highest BCUT2D eigenvalue weighted by Crippen LogP contribution is 2.16. The third-order valence-electron chi connectivity index (χ3n) is 10.2. The third kappa shape index (κ3) is 6.57. The van der Waals surface area contributed by atoms with E-state index in [1.165, 1.54) is 49.2 Å². The van der Waals surface area contributed by atoms with E-state index in [1.54, 1.807) is 0 Å². The van der Waals surface area contributed by atoms with Crippen LogP contribution in [0.5, 0.6) is 11.5 Å². The van der Waals surface area contributed by atoms with Crippen LogP contribution in [0.15, 0.2) is 231 Å². The third-order valence-corrected chi connectivity index (χ3v) is 19.8. The van der Waals surface area contributed by atoms with Gasteiger partial charge < -0.3 is 9.31 Å². The van der Waals surface area contributed by atoms with Gasteiger partial charge in [0, 0.05) is 0 Å². The van der Waals surface area contributed by atoms with Crippen LogP contribution in [0.2, 0.25) is 0 Å². The predicted molar refractivity (Wildman–Crippen MR) is 227 cm³/mol. The van der Waals surface area contributed by atoms with Crippen molar-refractivity contribution in [2.45, 2.75) is 0 Å². The average molecular weight is 714 g/mol. The van der Waals surface area contributed by atoms with Crippen molar-refractivity contribution in [3.05, 3.63) is 231 Å². The second-order valence-electron chi connectivity index (χ2n) is 13.1. The molecule has 8 aromatic carbocycles. The van der Waals surface area contributed by atoms with Crippen LogP contribution in [0, 0.1) is 0 Å². The van der Waals surface area contributed by atoms with Gasteiger partial charge in [0.05, 0.1) is 0 Å². The van der Waals surface area contributed by atoms with Crippen LogP contribution >= 0.6 is 0 Å². The van der Waals surface area contributed by atoms with Crippen LogP contribution in [0.25, 0.3) is 0 Å². The molecule has 0 heterocycles. The number of hydrogen-bond acceptors (Lipinski definition) is 2. The molecule has 0 aliphatic rings. The number of rotatable bonds is 12. The Kier molecular flexibility index (Phi) is 10.0. The topological polar surface area (TPSA) is 18.5 Å². The van der Waals surface area contributed by atoms with Crippen molar-refractivity contribution >= 4 is 65.3 Å². The van der Waals surface area contributed by atoms with Gasteiger partial charge in [0.2, 0.25) is 0 Å². The normalized spacial score (nSPS) is 11.4. The quantitative estimate of drug-likeness (QED) is 0.124. The Morgan fingerprint density at radius 3 is 0.623 bits per heavy atom. The molecule has 0 atom stereocenters. The van der Waals surface area contributed by atoms with Crippen LogP contribution in [0.4, 0.5) is 0 Å². The van der Waals surface area contributed by atoms with Crippen molar-refractivity contribution < 1.29 is 9.31 Å². The molecule has 0 bridgehead atoms. The molecule has 0 aromatic heterocycles.